The van der Waals surface area contributed by atoms with Gasteiger partial charge in [-0.25, -0.2) is 13.4 Å². The molecular formula is C21H20ClN3O4S2. The Bertz CT molecular complexity index is 1260. The van der Waals surface area contributed by atoms with Crippen LogP contribution in [0.15, 0.2) is 47.4 Å². The Balaban J connectivity index is 1.65. The molecule has 31 heavy (non-hydrogen) atoms. The molecule has 1 aliphatic carbocycles. The minimum absolute atomic E-state index is 0.0817. The van der Waals surface area contributed by atoms with E-state index >= 15 is 0 Å². The van der Waals surface area contributed by atoms with Gasteiger partial charge in [0.15, 0.2) is 19.7 Å². The average molecular weight is 478 g/mol. The molecule has 0 spiro atoms. The van der Waals surface area contributed by atoms with Crippen molar-refractivity contribution >= 4 is 65.6 Å². The van der Waals surface area contributed by atoms with Gasteiger partial charge in [-0.2, -0.15) is 0 Å². The topological polar surface area (TPSA) is 105 Å². The van der Waals surface area contributed by atoms with Crippen LogP contribution in [0.5, 0.6) is 0 Å². The van der Waals surface area contributed by atoms with Gasteiger partial charge in [0.25, 0.3) is 0 Å². The second-order valence-corrected chi connectivity index (χ2v) is 11.2. The number of amides is 2. The van der Waals surface area contributed by atoms with Crippen LogP contribution in [0.4, 0.5) is 10.8 Å². The number of aromatic nitrogens is 1. The molecule has 0 saturated heterocycles. The third-order valence-electron chi connectivity index (χ3n) is 5.39. The molecular weight excluding hydrogens is 458 g/mol. The van der Waals surface area contributed by atoms with Crippen molar-refractivity contribution in [3.05, 3.63) is 47.5 Å². The van der Waals surface area contributed by atoms with Crippen LogP contribution < -0.4 is 10.6 Å². The van der Waals surface area contributed by atoms with E-state index in [0.29, 0.717) is 34.2 Å². The fourth-order valence-electron chi connectivity index (χ4n) is 3.87. The standard InChI is InChI=1S/C21H20ClN3O4S2/c1-13(26)23-15-6-9-17-18(12-15)30-20(24-17)25-19(27)21(10-2-3-11-21)31(28,29)16-7-4-14(22)5-8-16/h4-9,12H,2-3,10-11H2,1H3,(H,23,26)(H,24,25,27). The third kappa shape index (κ3) is 4.05. The Kier molecular flexibility index (Phi) is 5.76. The molecule has 2 N–H and O–H groups in total. The maximum absolute atomic E-state index is 13.5. The summed E-state index contributed by atoms with van der Waals surface area (Å²) in [5.74, 6) is -0.755. The van der Waals surface area contributed by atoms with Crippen molar-refractivity contribution in [3.8, 4) is 0 Å². The number of fused-ring (bicyclic) bond motifs is 1. The van der Waals surface area contributed by atoms with E-state index in [1.165, 1.54) is 42.5 Å². The molecule has 1 saturated carbocycles. The van der Waals surface area contributed by atoms with Gasteiger partial charge in [-0.1, -0.05) is 35.8 Å². The van der Waals surface area contributed by atoms with Gasteiger partial charge in [-0.05, 0) is 55.3 Å². The van der Waals surface area contributed by atoms with Crippen LogP contribution in [-0.2, 0) is 19.4 Å². The van der Waals surface area contributed by atoms with E-state index in [-0.39, 0.29) is 23.6 Å². The average Bonchev–Trinajstić information content (AvgIpc) is 3.35. The number of sulfone groups is 1. The van der Waals surface area contributed by atoms with Crippen molar-refractivity contribution in [2.24, 2.45) is 0 Å². The first kappa shape index (κ1) is 21.7. The van der Waals surface area contributed by atoms with E-state index in [2.05, 4.69) is 15.6 Å². The number of nitrogens with one attached hydrogen (secondary N) is 2. The molecule has 2 amide bonds. The van der Waals surface area contributed by atoms with Gasteiger partial charge >= 0.3 is 0 Å². The summed E-state index contributed by atoms with van der Waals surface area (Å²) in [6, 6.07) is 11.1. The molecule has 1 aliphatic rings. The molecule has 1 heterocycles. The van der Waals surface area contributed by atoms with Crippen LogP contribution >= 0.6 is 22.9 Å². The molecule has 4 rings (SSSR count). The van der Waals surface area contributed by atoms with Gasteiger partial charge in [-0.3, -0.25) is 9.59 Å². The third-order valence-corrected chi connectivity index (χ3v) is 9.09. The molecule has 3 aromatic rings. The summed E-state index contributed by atoms with van der Waals surface area (Å²) in [5, 5.41) is 6.19. The number of carbonyl (C=O) groups is 2. The lowest BCUT2D eigenvalue weighted by atomic mass is 10.1. The van der Waals surface area contributed by atoms with Crippen LogP contribution in [0.1, 0.15) is 32.6 Å². The quantitative estimate of drug-likeness (QED) is 0.557. The summed E-state index contributed by atoms with van der Waals surface area (Å²) in [4.78, 5) is 29.1. The van der Waals surface area contributed by atoms with Crippen molar-refractivity contribution < 1.29 is 18.0 Å². The van der Waals surface area contributed by atoms with Crippen LogP contribution in [0.3, 0.4) is 0 Å². The van der Waals surface area contributed by atoms with Gasteiger partial charge in [-0.15, -0.1) is 0 Å². The highest BCUT2D eigenvalue weighted by Gasteiger charge is 2.53. The molecule has 1 fully saturated rings. The van der Waals surface area contributed by atoms with Gasteiger partial charge < -0.3 is 10.6 Å². The minimum atomic E-state index is -3.93. The minimum Gasteiger partial charge on any atom is -0.326 e. The number of hydrogen-bond acceptors (Lipinski definition) is 6. The summed E-state index contributed by atoms with van der Waals surface area (Å²) in [6.45, 7) is 1.42. The Morgan fingerprint density at radius 2 is 1.74 bits per heavy atom. The fourth-order valence-corrected chi connectivity index (χ4v) is 6.97. The molecule has 0 bridgehead atoms. The van der Waals surface area contributed by atoms with Crippen molar-refractivity contribution in [2.45, 2.75) is 42.2 Å². The van der Waals surface area contributed by atoms with Crippen molar-refractivity contribution in [3.63, 3.8) is 0 Å². The lowest BCUT2D eigenvalue weighted by Gasteiger charge is -2.27. The van der Waals surface area contributed by atoms with Gasteiger partial charge in [0.1, 0.15) is 0 Å². The number of thiazole rings is 1. The fraction of sp³-hybridized carbons (Fsp3) is 0.286. The molecule has 7 nitrogen and oxygen atoms in total. The van der Waals surface area contributed by atoms with E-state index in [0.717, 1.165) is 4.70 Å². The largest absolute Gasteiger partial charge is 0.326 e. The first-order chi connectivity index (χ1) is 14.7. The predicted molar refractivity (Wildman–Crippen MR) is 122 cm³/mol. The number of nitrogens with zero attached hydrogens (tertiary/aromatic N) is 1. The number of benzene rings is 2. The number of anilines is 2. The first-order valence-electron chi connectivity index (χ1n) is 9.71. The SMILES string of the molecule is CC(=O)Nc1ccc2nc(NC(=O)C3(S(=O)(=O)c4ccc(Cl)cc4)CCCC3)sc2c1. The molecule has 1 aromatic heterocycles. The summed E-state index contributed by atoms with van der Waals surface area (Å²) < 4.78 is 26.1. The second-order valence-electron chi connectivity index (χ2n) is 7.50. The Morgan fingerprint density at radius 1 is 1.06 bits per heavy atom. The summed E-state index contributed by atoms with van der Waals surface area (Å²) in [5.41, 5.74) is 1.27. The van der Waals surface area contributed by atoms with E-state index in [1.54, 1.807) is 18.2 Å². The Labute approximate surface area is 188 Å². The highest BCUT2D eigenvalue weighted by atomic mass is 35.5. The smallest absolute Gasteiger partial charge is 0.248 e. The molecule has 2 aromatic carbocycles. The predicted octanol–water partition coefficient (Wildman–Crippen LogP) is 4.63. The van der Waals surface area contributed by atoms with E-state index in [9.17, 15) is 18.0 Å². The molecule has 162 valence electrons. The first-order valence-corrected chi connectivity index (χ1v) is 12.4. The number of carbonyl (C=O) groups excluding carboxylic acids is 2. The van der Waals surface area contributed by atoms with E-state index < -0.39 is 20.5 Å². The number of rotatable bonds is 5. The maximum atomic E-state index is 13.5. The van der Waals surface area contributed by atoms with E-state index in [1.807, 2.05) is 0 Å². The lowest BCUT2D eigenvalue weighted by Crippen LogP contribution is -2.47. The Hall–Kier alpha value is -2.49. The lowest BCUT2D eigenvalue weighted by molar-refractivity contribution is -0.118. The van der Waals surface area contributed by atoms with Crippen molar-refractivity contribution in [1.82, 2.24) is 4.98 Å². The van der Waals surface area contributed by atoms with Gasteiger partial charge in [0.05, 0.1) is 15.1 Å². The molecule has 0 unspecified atom stereocenters. The van der Waals surface area contributed by atoms with Crippen LogP contribution in [-0.4, -0.2) is 30.0 Å². The molecule has 0 aliphatic heterocycles. The van der Waals surface area contributed by atoms with Crippen molar-refractivity contribution in [2.75, 3.05) is 10.6 Å². The highest BCUT2D eigenvalue weighted by Crippen LogP contribution is 2.42. The zero-order valence-corrected chi connectivity index (χ0v) is 19.0. The Morgan fingerprint density at radius 3 is 2.39 bits per heavy atom. The zero-order chi connectivity index (χ0) is 22.2. The maximum Gasteiger partial charge on any atom is 0.248 e. The molecule has 0 radical (unpaired) electrons. The molecule has 0 atom stereocenters. The van der Waals surface area contributed by atoms with Crippen LogP contribution in [0.2, 0.25) is 5.02 Å². The van der Waals surface area contributed by atoms with Gasteiger partial charge in [0, 0.05) is 17.6 Å². The summed E-state index contributed by atoms with van der Waals surface area (Å²) in [6.07, 6.45) is 1.81. The second kappa shape index (κ2) is 8.22. The van der Waals surface area contributed by atoms with Gasteiger partial charge in [0.2, 0.25) is 11.8 Å². The number of hydrogen-bond donors (Lipinski definition) is 2. The summed E-state index contributed by atoms with van der Waals surface area (Å²) in [7, 11) is -3.93. The number of halogens is 1. The van der Waals surface area contributed by atoms with Crippen LogP contribution in [0, 0.1) is 0 Å². The van der Waals surface area contributed by atoms with Crippen LogP contribution in [0.25, 0.3) is 10.2 Å². The molecule has 10 heteroatoms. The monoisotopic (exact) mass is 477 g/mol. The zero-order valence-electron chi connectivity index (χ0n) is 16.6. The normalized spacial score (nSPS) is 15.7. The van der Waals surface area contributed by atoms with Crippen molar-refractivity contribution in [1.29, 1.82) is 0 Å². The highest BCUT2D eigenvalue weighted by molar-refractivity contribution is 7.93. The summed E-state index contributed by atoms with van der Waals surface area (Å²) >= 11 is 7.13. The van der Waals surface area contributed by atoms with E-state index in [4.69, 9.17) is 11.6 Å².